The minimum Gasteiger partial charge on any atom is -0.378 e. The van der Waals surface area contributed by atoms with Crippen LogP contribution in [-0.4, -0.2) is 49.2 Å². The topological polar surface area (TPSA) is 41.6 Å². The van der Waals surface area contributed by atoms with Crippen LogP contribution in [0.3, 0.4) is 0 Å². The Morgan fingerprint density at radius 2 is 2.40 bits per heavy atom. The fraction of sp³-hybridized carbons (Fsp3) is 0.727. The van der Waals surface area contributed by atoms with Crippen LogP contribution in [0.2, 0.25) is 0 Å². The van der Waals surface area contributed by atoms with E-state index in [4.69, 9.17) is 4.74 Å². The first-order valence-electron chi connectivity index (χ1n) is 5.55. The number of carbonyl (C=O) groups is 1. The van der Waals surface area contributed by atoms with Crippen molar-refractivity contribution in [1.29, 1.82) is 0 Å². The smallest absolute Gasteiger partial charge is 0.242 e. The molecule has 2 rings (SSSR count). The van der Waals surface area contributed by atoms with E-state index in [9.17, 15) is 4.79 Å². The second-order valence-corrected chi connectivity index (χ2v) is 4.09. The van der Waals surface area contributed by atoms with Crippen LogP contribution in [-0.2, 0) is 9.53 Å². The van der Waals surface area contributed by atoms with E-state index in [0.29, 0.717) is 25.8 Å². The third-order valence-electron chi connectivity index (χ3n) is 2.82. The molecule has 1 amide bonds. The number of ether oxygens (including phenoxy) is 1. The third kappa shape index (κ3) is 2.58. The SMILES string of the molecule is C=CCN(C(=O)C1COCCN1)C1CC1. The van der Waals surface area contributed by atoms with E-state index in [0.717, 1.165) is 19.4 Å². The standard InChI is InChI=1S/C11H18N2O2/c1-2-6-13(9-3-4-9)11(14)10-8-15-7-5-12-10/h2,9-10,12H,1,3-8H2. The van der Waals surface area contributed by atoms with Gasteiger partial charge in [0.05, 0.1) is 13.2 Å². The quantitative estimate of drug-likeness (QED) is 0.672. The Kier molecular flexibility index (Phi) is 3.38. The van der Waals surface area contributed by atoms with Gasteiger partial charge in [0.1, 0.15) is 6.04 Å². The molecule has 0 spiro atoms. The molecule has 4 heteroatoms. The normalized spacial score (nSPS) is 26.0. The predicted octanol–water partition coefficient (Wildman–Crippen LogP) is 0.152. The first kappa shape index (κ1) is 10.6. The number of nitrogens with zero attached hydrogens (tertiary/aromatic N) is 1. The fourth-order valence-corrected chi connectivity index (χ4v) is 1.87. The summed E-state index contributed by atoms with van der Waals surface area (Å²) in [7, 11) is 0. The van der Waals surface area contributed by atoms with Gasteiger partial charge < -0.3 is 15.0 Å². The highest BCUT2D eigenvalue weighted by Crippen LogP contribution is 2.27. The van der Waals surface area contributed by atoms with Crippen LogP contribution in [0.25, 0.3) is 0 Å². The molecule has 1 saturated heterocycles. The molecule has 2 fully saturated rings. The maximum absolute atomic E-state index is 12.1. The number of nitrogens with one attached hydrogen (secondary N) is 1. The van der Waals surface area contributed by atoms with E-state index >= 15 is 0 Å². The van der Waals surface area contributed by atoms with Crippen molar-refractivity contribution in [3.8, 4) is 0 Å². The molecule has 0 aromatic rings. The van der Waals surface area contributed by atoms with Crippen molar-refractivity contribution >= 4 is 5.91 Å². The van der Waals surface area contributed by atoms with Gasteiger partial charge in [-0.25, -0.2) is 0 Å². The number of hydrogen-bond acceptors (Lipinski definition) is 3. The van der Waals surface area contributed by atoms with Crippen molar-refractivity contribution in [2.75, 3.05) is 26.3 Å². The van der Waals surface area contributed by atoms with Gasteiger partial charge in [0, 0.05) is 19.1 Å². The van der Waals surface area contributed by atoms with Crippen LogP contribution in [0.15, 0.2) is 12.7 Å². The summed E-state index contributed by atoms with van der Waals surface area (Å²) in [5.41, 5.74) is 0. The maximum atomic E-state index is 12.1. The van der Waals surface area contributed by atoms with Gasteiger partial charge in [0.15, 0.2) is 0 Å². The summed E-state index contributed by atoms with van der Waals surface area (Å²) < 4.78 is 5.30. The van der Waals surface area contributed by atoms with Gasteiger partial charge in [-0.05, 0) is 12.8 Å². The lowest BCUT2D eigenvalue weighted by atomic mass is 10.2. The van der Waals surface area contributed by atoms with Crippen molar-refractivity contribution in [1.82, 2.24) is 10.2 Å². The largest absolute Gasteiger partial charge is 0.378 e. The van der Waals surface area contributed by atoms with E-state index < -0.39 is 0 Å². The molecule has 0 radical (unpaired) electrons. The minimum absolute atomic E-state index is 0.153. The first-order valence-corrected chi connectivity index (χ1v) is 5.55. The molecule has 1 saturated carbocycles. The van der Waals surface area contributed by atoms with Crippen molar-refractivity contribution < 1.29 is 9.53 Å². The van der Waals surface area contributed by atoms with E-state index in [2.05, 4.69) is 11.9 Å². The highest BCUT2D eigenvalue weighted by Gasteiger charge is 2.35. The van der Waals surface area contributed by atoms with E-state index in [1.807, 2.05) is 4.90 Å². The van der Waals surface area contributed by atoms with E-state index in [1.54, 1.807) is 6.08 Å². The lowest BCUT2D eigenvalue weighted by Crippen LogP contribution is -2.53. The van der Waals surface area contributed by atoms with Crippen LogP contribution >= 0.6 is 0 Å². The molecule has 1 N–H and O–H groups in total. The maximum Gasteiger partial charge on any atom is 0.242 e. The average Bonchev–Trinajstić information content (AvgIpc) is 3.10. The Hall–Kier alpha value is -0.870. The third-order valence-corrected chi connectivity index (χ3v) is 2.82. The molecule has 1 aliphatic heterocycles. The molecule has 1 heterocycles. The lowest BCUT2D eigenvalue weighted by Gasteiger charge is -2.29. The molecule has 1 aliphatic carbocycles. The molecule has 84 valence electrons. The van der Waals surface area contributed by atoms with Crippen LogP contribution in [0.4, 0.5) is 0 Å². The molecule has 15 heavy (non-hydrogen) atoms. The number of carbonyl (C=O) groups excluding carboxylic acids is 1. The molecule has 4 nitrogen and oxygen atoms in total. The van der Waals surface area contributed by atoms with Gasteiger partial charge in [0.25, 0.3) is 0 Å². The number of amides is 1. The zero-order chi connectivity index (χ0) is 10.7. The van der Waals surface area contributed by atoms with Crippen molar-refractivity contribution in [3.05, 3.63) is 12.7 Å². The Morgan fingerprint density at radius 1 is 1.60 bits per heavy atom. The van der Waals surface area contributed by atoms with Gasteiger partial charge >= 0.3 is 0 Å². The zero-order valence-electron chi connectivity index (χ0n) is 8.95. The van der Waals surface area contributed by atoms with Gasteiger partial charge in [0.2, 0.25) is 5.91 Å². The first-order chi connectivity index (χ1) is 7.33. The molecule has 0 aromatic heterocycles. The molecule has 2 aliphatic rings. The second kappa shape index (κ2) is 4.77. The van der Waals surface area contributed by atoms with E-state index in [-0.39, 0.29) is 11.9 Å². The highest BCUT2D eigenvalue weighted by molar-refractivity contribution is 5.82. The fourth-order valence-electron chi connectivity index (χ4n) is 1.87. The molecule has 0 aromatic carbocycles. The summed E-state index contributed by atoms with van der Waals surface area (Å²) >= 11 is 0. The highest BCUT2D eigenvalue weighted by atomic mass is 16.5. The summed E-state index contributed by atoms with van der Waals surface area (Å²) in [6, 6.07) is 0.290. The summed E-state index contributed by atoms with van der Waals surface area (Å²) in [6.45, 7) is 6.32. The molecular weight excluding hydrogens is 192 g/mol. The number of morpholine rings is 1. The van der Waals surface area contributed by atoms with Gasteiger partial charge in [-0.1, -0.05) is 6.08 Å². The van der Waals surface area contributed by atoms with Gasteiger partial charge in [-0.2, -0.15) is 0 Å². The Morgan fingerprint density at radius 3 is 2.93 bits per heavy atom. The molecular formula is C11H18N2O2. The summed E-state index contributed by atoms with van der Waals surface area (Å²) in [4.78, 5) is 14.0. The Bertz CT molecular complexity index is 245. The Labute approximate surface area is 90.3 Å². The van der Waals surface area contributed by atoms with Crippen LogP contribution in [0, 0.1) is 0 Å². The van der Waals surface area contributed by atoms with Gasteiger partial charge in [-0.3, -0.25) is 4.79 Å². The van der Waals surface area contributed by atoms with Crippen LogP contribution < -0.4 is 5.32 Å². The minimum atomic E-state index is -0.153. The van der Waals surface area contributed by atoms with E-state index in [1.165, 1.54) is 0 Å². The summed E-state index contributed by atoms with van der Waals surface area (Å²) in [6.07, 6.45) is 4.06. The number of hydrogen-bond donors (Lipinski definition) is 1. The average molecular weight is 210 g/mol. The predicted molar refractivity (Wildman–Crippen MR) is 57.5 cm³/mol. The second-order valence-electron chi connectivity index (χ2n) is 4.09. The molecule has 1 unspecified atom stereocenters. The van der Waals surface area contributed by atoms with Crippen molar-refractivity contribution in [2.24, 2.45) is 0 Å². The van der Waals surface area contributed by atoms with Crippen LogP contribution in [0.1, 0.15) is 12.8 Å². The zero-order valence-corrected chi connectivity index (χ0v) is 8.95. The molecule has 1 atom stereocenters. The Balaban J connectivity index is 1.93. The van der Waals surface area contributed by atoms with Crippen molar-refractivity contribution in [2.45, 2.75) is 24.9 Å². The summed E-state index contributed by atoms with van der Waals surface area (Å²) in [5.74, 6) is 0.164. The number of rotatable bonds is 4. The molecule has 0 bridgehead atoms. The van der Waals surface area contributed by atoms with Crippen molar-refractivity contribution in [3.63, 3.8) is 0 Å². The monoisotopic (exact) mass is 210 g/mol. The van der Waals surface area contributed by atoms with Gasteiger partial charge in [-0.15, -0.1) is 6.58 Å². The summed E-state index contributed by atoms with van der Waals surface area (Å²) in [5, 5.41) is 3.19. The van der Waals surface area contributed by atoms with Crippen LogP contribution in [0.5, 0.6) is 0 Å². The lowest BCUT2D eigenvalue weighted by molar-refractivity contribution is -0.136.